The summed E-state index contributed by atoms with van der Waals surface area (Å²) in [4.78, 5) is 0. The molecule has 0 radical (unpaired) electrons. The van der Waals surface area contributed by atoms with Gasteiger partial charge in [-0.25, -0.2) is 4.39 Å². The molecule has 0 fully saturated rings. The van der Waals surface area contributed by atoms with Crippen LogP contribution in [0.3, 0.4) is 0 Å². The van der Waals surface area contributed by atoms with E-state index >= 15 is 0 Å². The van der Waals surface area contributed by atoms with Crippen molar-refractivity contribution in [3.05, 3.63) is 35.1 Å². The first-order valence-corrected chi connectivity index (χ1v) is 5.29. The zero-order valence-electron chi connectivity index (χ0n) is 9.26. The largest absolute Gasteiger partial charge is 0.396 e. The molecule has 0 aliphatic rings. The summed E-state index contributed by atoms with van der Waals surface area (Å²) in [7, 11) is 0. The number of rotatable bonds is 5. The summed E-state index contributed by atoms with van der Waals surface area (Å²) in [5.41, 5.74) is 1.55. The van der Waals surface area contributed by atoms with Crippen molar-refractivity contribution in [3.8, 4) is 0 Å². The third-order valence-electron chi connectivity index (χ3n) is 2.47. The Labute approximate surface area is 90.1 Å². The van der Waals surface area contributed by atoms with Gasteiger partial charge in [-0.2, -0.15) is 0 Å². The van der Waals surface area contributed by atoms with Gasteiger partial charge in [-0.3, -0.25) is 0 Å². The van der Waals surface area contributed by atoms with Gasteiger partial charge in [0, 0.05) is 12.6 Å². The van der Waals surface area contributed by atoms with E-state index in [1.54, 1.807) is 19.1 Å². The van der Waals surface area contributed by atoms with Crippen molar-refractivity contribution in [2.45, 2.75) is 26.3 Å². The molecule has 84 valence electrons. The molecule has 2 N–H and O–H groups in total. The lowest BCUT2D eigenvalue weighted by molar-refractivity contribution is 0.266. The quantitative estimate of drug-likeness (QED) is 0.782. The Kier molecular flexibility index (Phi) is 4.72. The van der Waals surface area contributed by atoms with Crippen molar-refractivity contribution >= 4 is 0 Å². The molecule has 1 aromatic carbocycles. The summed E-state index contributed by atoms with van der Waals surface area (Å²) < 4.78 is 13.3. The average Bonchev–Trinajstić information content (AvgIpc) is 2.22. The fourth-order valence-electron chi connectivity index (χ4n) is 1.59. The predicted octanol–water partition coefficient (Wildman–Crippen LogP) is 2.17. The van der Waals surface area contributed by atoms with Gasteiger partial charge in [0.25, 0.3) is 0 Å². The summed E-state index contributed by atoms with van der Waals surface area (Å²) >= 11 is 0. The van der Waals surface area contributed by atoms with Crippen LogP contribution in [0.1, 0.15) is 30.5 Å². The highest BCUT2D eigenvalue weighted by atomic mass is 19.1. The Hall–Kier alpha value is -0.930. The smallest absolute Gasteiger partial charge is 0.126 e. The van der Waals surface area contributed by atoms with Crippen LogP contribution in [-0.4, -0.2) is 18.3 Å². The molecule has 0 heterocycles. The topological polar surface area (TPSA) is 32.3 Å². The molecule has 1 unspecified atom stereocenters. The van der Waals surface area contributed by atoms with E-state index in [1.807, 2.05) is 13.0 Å². The van der Waals surface area contributed by atoms with E-state index in [0.29, 0.717) is 12.0 Å². The normalized spacial score (nSPS) is 12.8. The summed E-state index contributed by atoms with van der Waals surface area (Å²) in [5, 5.41) is 12.1. The van der Waals surface area contributed by atoms with Crippen LogP contribution in [0.15, 0.2) is 18.2 Å². The van der Waals surface area contributed by atoms with Crippen molar-refractivity contribution in [1.82, 2.24) is 5.32 Å². The molecule has 0 spiro atoms. The van der Waals surface area contributed by atoms with Crippen LogP contribution in [0.5, 0.6) is 0 Å². The van der Waals surface area contributed by atoms with E-state index < -0.39 is 0 Å². The Morgan fingerprint density at radius 3 is 2.73 bits per heavy atom. The van der Waals surface area contributed by atoms with Crippen LogP contribution < -0.4 is 5.32 Å². The van der Waals surface area contributed by atoms with Crippen LogP contribution in [0.25, 0.3) is 0 Å². The highest BCUT2D eigenvalue weighted by Gasteiger charge is 2.10. The second kappa shape index (κ2) is 5.83. The molecule has 0 bridgehead atoms. The predicted molar refractivity (Wildman–Crippen MR) is 59.3 cm³/mol. The Balaban J connectivity index is 2.85. The van der Waals surface area contributed by atoms with Gasteiger partial charge >= 0.3 is 0 Å². The molecule has 0 aliphatic heterocycles. The van der Waals surface area contributed by atoms with Gasteiger partial charge in [0.2, 0.25) is 0 Å². The molecule has 1 rings (SSSR count). The molecule has 1 atom stereocenters. The monoisotopic (exact) mass is 211 g/mol. The fourth-order valence-corrected chi connectivity index (χ4v) is 1.59. The number of aliphatic hydroxyl groups excluding tert-OH is 1. The summed E-state index contributed by atoms with van der Waals surface area (Å²) in [6, 6.07) is 5.25. The number of nitrogens with one attached hydrogen (secondary N) is 1. The lowest BCUT2D eigenvalue weighted by atomic mass is 10.0. The lowest BCUT2D eigenvalue weighted by Gasteiger charge is -2.17. The number of aliphatic hydroxyl groups is 1. The van der Waals surface area contributed by atoms with Gasteiger partial charge in [-0.05, 0) is 37.1 Å². The third kappa shape index (κ3) is 3.29. The van der Waals surface area contributed by atoms with Crippen molar-refractivity contribution in [2.75, 3.05) is 13.2 Å². The third-order valence-corrected chi connectivity index (χ3v) is 2.47. The van der Waals surface area contributed by atoms with Gasteiger partial charge in [-0.15, -0.1) is 0 Å². The first-order chi connectivity index (χ1) is 7.19. The molecule has 0 saturated heterocycles. The Bertz CT molecular complexity index is 308. The lowest BCUT2D eigenvalue weighted by Crippen LogP contribution is -2.22. The number of hydrogen-bond donors (Lipinski definition) is 2. The maximum Gasteiger partial charge on any atom is 0.126 e. The first-order valence-electron chi connectivity index (χ1n) is 5.29. The van der Waals surface area contributed by atoms with E-state index in [4.69, 9.17) is 5.11 Å². The van der Waals surface area contributed by atoms with Gasteiger partial charge in [0.1, 0.15) is 5.82 Å². The zero-order chi connectivity index (χ0) is 11.3. The van der Waals surface area contributed by atoms with Gasteiger partial charge in [0.05, 0.1) is 0 Å². The zero-order valence-corrected chi connectivity index (χ0v) is 9.26. The molecule has 15 heavy (non-hydrogen) atoms. The number of hydrogen-bond acceptors (Lipinski definition) is 2. The number of benzene rings is 1. The van der Waals surface area contributed by atoms with Gasteiger partial charge < -0.3 is 10.4 Å². The van der Waals surface area contributed by atoms with Crippen molar-refractivity contribution < 1.29 is 9.50 Å². The van der Waals surface area contributed by atoms with Crippen LogP contribution in [0.4, 0.5) is 4.39 Å². The van der Waals surface area contributed by atoms with E-state index in [1.165, 1.54) is 0 Å². The average molecular weight is 211 g/mol. The van der Waals surface area contributed by atoms with Crippen molar-refractivity contribution in [2.24, 2.45) is 0 Å². The number of aryl methyl sites for hydroxylation is 1. The molecule has 0 amide bonds. The Morgan fingerprint density at radius 1 is 1.47 bits per heavy atom. The van der Waals surface area contributed by atoms with Gasteiger partial charge in [-0.1, -0.05) is 19.1 Å². The molecule has 0 aromatic heterocycles. The minimum Gasteiger partial charge on any atom is -0.396 e. The van der Waals surface area contributed by atoms with E-state index in [0.717, 1.165) is 12.1 Å². The minimum atomic E-state index is -0.187. The highest BCUT2D eigenvalue weighted by Crippen LogP contribution is 2.19. The standard InChI is InChI=1S/C12H18FNO/c1-3-14-12(6-7-15)10-5-4-9(2)11(13)8-10/h4-5,8,12,14-15H,3,6-7H2,1-2H3. The summed E-state index contributed by atoms with van der Waals surface area (Å²) in [5.74, 6) is -0.187. The van der Waals surface area contributed by atoms with E-state index in [2.05, 4.69) is 5.32 Å². The van der Waals surface area contributed by atoms with Crippen LogP contribution >= 0.6 is 0 Å². The van der Waals surface area contributed by atoms with E-state index in [9.17, 15) is 4.39 Å². The van der Waals surface area contributed by atoms with Gasteiger partial charge in [0.15, 0.2) is 0 Å². The number of halogens is 1. The second-order valence-corrected chi connectivity index (χ2v) is 3.63. The van der Waals surface area contributed by atoms with Crippen molar-refractivity contribution in [1.29, 1.82) is 0 Å². The second-order valence-electron chi connectivity index (χ2n) is 3.63. The molecular weight excluding hydrogens is 193 g/mol. The summed E-state index contributed by atoms with van der Waals surface area (Å²) in [6.07, 6.45) is 0.607. The summed E-state index contributed by atoms with van der Waals surface area (Å²) in [6.45, 7) is 4.65. The molecule has 0 saturated carbocycles. The van der Waals surface area contributed by atoms with Crippen LogP contribution in [0.2, 0.25) is 0 Å². The molecule has 1 aromatic rings. The minimum absolute atomic E-state index is 0.0371. The van der Waals surface area contributed by atoms with Crippen LogP contribution in [0, 0.1) is 12.7 Å². The fraction of sp³-hybridized carbons (Fsp3) is 0.500. The maximum absolute atomic E-state index is 13.3. The highest BCUT2D eigenvalue weighted by molar-refractivity contribution is 5.25. The molecule has 3 heteroatoms. The SMILES string of the molecule is CCNC(CCO)c1ccc(C)c(F)c1. The molecule has 0 aliphatic carbocycles. The van der Waals surface area contributed by atoms with Crippen LogP contribution in [-0.2, 0) is 0 Å². The molecular formula is C12H18FNO. The Morgan fingerprint density at radius 2 is 2.20 bits per heavy atom. The maximum atomic E-state index is 13.3. The van der Waals surface area contributed by atoms with Crippen molar-refractivity contribution in [3.63, 3.8) is 0 Å². The van der Waals surface area contributed by atoms with E-state index in [-0.39, 0.29) is 18.5 Å². The molecule has 2 nitrogen and oxygen atoms in total. The first kappa shape index (κ1) is 12.1.